The van der Waals surface area contributed by atoms with Gasteiger partial charge in [-0.3, -0.25) is 4.79 Å². The molecule has 37 heavy (non-hydrogen) atoms. The fourth-order valence-corrected chi connectivity index (χ4v) is 4.02. The molecule has 5 aromatic rings. The molecule has 182 valence electrons. The molecule has 0 aliphatic rings. The minimum Gasteiger partial charge on any atom is -0.494 e. The maximum absolute atomic E-state index is 12.6. The highest BCUT2D eigenvalue weighted by atomic mass is 16.5. The number of rotatable bonds is 8. The lowest BCUT2D eigenvalue weighted by atomic mass is 10.1. The van der Waals surface area contributed by atoms with Gasteiger partial charge in [-0.15, -0.1) is 0 Å². The molecule has 0 fully saturated rings. The van der Waals surface area contributed by atoms with E-state index in [0.29, 0.717) is 28.8 Å². The number of nitrogens with zero attached hydrogens (tertiary/aromatic N) is 4. The quantitative estimate of drug-likeness (QED) is 0.213. The Morgan fingerprint density at radius 2 is 1.89 bits per heavy atom. The zero-order chi connectivity index (χ0) is 25.6. The van der Waals surface area contributed by atoms with Crippen LogP contribution in [0.3, 0.4) is 0 Å². The van der Waals surface area contributed by atoms with Crippen LogP contribution in [-0.4, -0.2) is 26.4 Å². The number of ether oxygens (including phenoxy) is 1. The molecule has 0 radical (unpaired) electrons. The summed E-state index contributed by atoms with van der Waals surface area (Å²) in [6.07, 6.45) is 5.60. The molecule has 5 rings (SSSR count). The summed E-state index contributed by atoms with van der Waals surface area (Å²) in [6.45, 7) is 2.77. The molecular weight excluding hydrogens is 462 g/mol. The number of allylic oxidation sites excluding steroid dienone is 1. The van der Waals surface area contributed by atoms with Gasteiger partial charge in [-0.1, -0.05) is 55.8 Å². The second kappa shape index (κ2) is 10.8. The average Bonchev–Trinajstić information content (AvgIpc) is 3.36. The number of para-hydroxylation sites is 2. The molecule has 0 unspecified atom stereocenters. The Kier molecular flexibility index (Phi) is 6.91. The van der Waals surface area contributed by atoms with Gasteiger partial charge >= 0.3 is 0 Å². The predicted octanol–water partition coefficient (Wildman–Crippen LogP) is 6.02. The molecule has 0 amide bonds. The van der Waals surface area contributed by atoms with Crippen molar-refractivity contribution in [3.05, 3.63) is 107 Å². The SMILES string of the molecule is CCCCOc1cccc(-c2nn(-c3ccccc3)cc2/C=C(\C#N)c2nc3ccccc3c(=O)[nH]2)c1. The largest absolute Gasteiger partial charge is 0.494 e. The predicted molar refractivity (Wildman–Crippen MR) is 145 cm³/mol. The molecule has 1 N–H and O–H groups in total. The number of H-pyrrole nitrogens is 1. The topological polar surface area (TPSA) is 96.6 Å². The standard InChI is InChI=1S/C30H25N5O2/c1-2-3-16-37-25-13-9-10-21(18-25)28-23(20-35(34-28)24-11-5-4-6-12-24)17-22(19-31)29-32-27-15-8-7-14-26(27)30(36)33-29/h4-15,17-18,20H,2-3,16H2,1H3,(H,32,33,36)/b22-17+. The molecule has 7 nitrogen and oxygen atoms in total. The average molecular weight is 488 g/mol. The highest BCUT2D eigenvalue weighted by Crippen LogP contribution is 2.29. The van der Waals surface area contributed by atoms with Gasteiger partial charge in [0, 0.05) is 17.3 Å². The van der Waals surface area contributed by atoms with E-state index in [0.717, 1.165) is 29.8 Å². The third kappa shape index (κ3) is 5.19. The van der Waals surface area contributed by atoms with Crippen LogP contribution in [0, 0.1) is 11.3 Å². The lowest BCUT2D eigenvalue weighted by Crippen LogP contribution is -2.11. The van der Waals surface area contributed by atoms with E-state index in [1.54, 1.807) is 29.0 Å². The van der Waals surface area contributed by atoms with Crippen molar-refractivity contribution in [2.45, 2.75) is 19.8 Å². The van der Waals surface area contributed by atoms with Gasteiger partial charge in [0.25, 0.3) is 5.56 Å². The number of nitrogens with one attached hydrogen (secondary N) is 1. The van der Waals surface area contributed by atoms with Crippen LogP contribution >= 0.6 is 0 Å². The number of unbranched alkanes of at least 4 members (excludes halogenated alkanes) is 1. The van der Waals surface area contributed by atoms with Crippen molar-refractivity contribution in [2.24, 2.45) is 0 Å². The van der Waals surface area contributed by atoms with Crippen LogP contribution in [-0.2, 0) is 0 Å². The summed E-state index contributed by atoms with van der Waals surface area (Å²) in [6, 6.07) is 26.8. The molecule has 0 saturated heterocycles. The number of aromatic amines is 1. The van der Waals surface area contributed by atoms with Gasteiger partial charge in [-0.2, -0.15) is 10.4 Å². The Balaban J connectivity index is 1.63. The van der Waals surface area contributed by atoms with Crippen molar-refractivity contribution in [3.63, 3.8) is 0 Å². The molecule has 3 aromatic carbocycles. The number of aromatic nitrogens is 4. The Morgan fingerprint density at radius 1 is 1.08 bits per heavy atom. The monoisotopic (exact) mass is 487 g/mol. The Labute approximate surface area is 214 Å². The minimum absolute atomic E-state index is 0.210. The second-order valence-corrected chi connectivity index (χ2v) is 8.54. The van der Waals surface area contributed by atoms with E-state index >= 15 is 0 Å². The van der Waals surface area contributed by atoms with Crippen LogP contribution in [0.1, 0.15) is 31.2 Å². The maximum atomic E-state index is 12.6. The van der Waals surface area contributed by atoms with E-state index < -0.39 is 0 Å². The summed E-state index contributed by atoms with van der Waals surface area (Å²) in [7, 11) is 0. The van der Waals surface area contributed by atoms with Crippen molar-refractivity contribution >= 4 is 22.6 Å². The van der Waals surface area contributed by atoms with Crippen LogP contribution in [0.2, 0.25) is 0 Å². The normalized spacial score (nSPS) is 11.4. The summed E-state index contributed by atoms with van der Waals surface area (Å²) >= 11 is 0. The van der Waals surface area contributed by atoms with Crippen LogP contribution in [0.25, 0.3) is 39.5 Å². The van der Waals surface area contributed by atoms with Crippen LogP contribution in [0.4, 0.5) is 0 Å². The van der Waals surface area contributed by atoms with Crippen LogP contribution < -0.4 is 10.3 Å². The first-order chi connectivity index (χ1) is 18.2. The fourth-order valence-electron chi connectivity index (χ4n) is 4.02. The number of nitriles is 1. The van der Waals surface area contributed by atoms with E-state index in [4.69, 9.17) is 9.84 Å². The van der Waals surface area contributed by atoms with Gasteiger partial charge in [0.2, 0.25) is 0 Å². The molecule has 0 aliphatic carbocycles. The number of hydrogen-bond acceptors (Lipinski definition) is 5. The van der Waals surface area contributed by atoms with Gasteiger partial charge in [0.1, 0.15) is 17.5 Å². The smallest absolute Gasteiger partial charge is 0.259 e. The lowest BCUT2D eigenvalue weighted by Gasteiger charge is -2.07. The van der Waals surface area contributed by atoms with Gasteiger partial charge in [0.15, 0.2) is 5.82 Å². The second-order valence-electron chi connectivity index (χ2n) is 8.54. The zero-order valence-electron chi connectivity index (χ0n) is 20.4. The number of hydrogen-bond donors (Lipinski definition) is 1. The van der Waals surface area contributed by atoms with Gasteiger partial charge in [-0.25, -0.2) is 9.67 Å². The Bertz CT molecular complexity index is 1680. The van der Waals surface area contributed by atoms with Crippen molar-refractivity contribution < 1.29 is 4.74 Å². The summed E-state index contributed by atoms with van der Waals surface area (Å²) in [5.41, 5.74) is 3.59. The molecule has 0 spiro atoms. The van der Waals surface area contributed by atoms with Crippen molar-refractivity contribution in [1.29, 1.82) is 5.26 Å². The van der Waals surface area contributed by atoms with Crippen molar-refractivity contribution in [2.75, 3.05) is 6.61 Å². The molecule has 0 bridgehead atoms. The molecular formula is C30H25N5O2. The summed E-state index contributed by atoms with van der Waals surface area (Å²) in [5, 5.41) is 15.4. The highest BCUT2D eigenvalue weighted by molar-refractivity contribution is 5.91. The molecule has 2 aromatic heterocycles. The highest BCUT2D eigenvalue weighted by Gasteiger charge is 2.15. The molecule has 0 atom stereocenters. The third-order valence-electron chi connectivity index (χ3n) is 5.93. The van der Waals surface area contributed by atoms with E-state index in [-0.39, 0.29) is 17.0 Å². The van der Waals surface area contributed by atoms with Crippen LogP contribution in [0.15, 0.2) is 89.9 Å². The van der Waals surface area contributed by atoms with Crippen LogP contribution in [0.5, 0.6) is 5.75 Å². The summed E-state index contributed by atoms with van der Waals surface area (Å²) in [5.74, 6) is 0.970. The third-order valence-corrected chi connectivity index (χ3v) is 5.93. The van der Waals surface area contributed by atoms with Gasteiger partial charge in [-0.05, 0) is 48.9 Å². The van der Waals surface area contributed by atoms with Gasteiger partial charge < -0.3 is 9.72 Å². The Morgan fingerprint density at radius 3 is 2.70 bits per heavy atom. The van der Waals surface area contributed by atoms with Gasteiger partial charge in [0.05, 0.1) is 28.8 Å². The number of fused-ring (bicyclic) bond motifs is 1. The lowest BCUT2D eigenvalue weighted by molar-refractivity contribution is 0.309. The molecule has 2 heterocycles. The summed E-state index contributed by atoms with van der Waals surface area (Å²) in [4.78, 5) is 19.9. The van der Waals surface area contributed by atoms with E-state index in [2.05, 4.69) is 23.0 Å². The minimum atomic E-state index is -0.293. The van der Waals surface area contributed by atoms with E-state index in [1.165, 1.54) is 0 Å². The fraction of sp³-hybridized carbons (Fsp3) is 0.133. The Hall–Kier alpha value is -4.96. The number of benzene rings is 3. The van der Waals surface area contributed by atoms with Crippen molar-refractivity contribution in [3.8, 4) is 28.8 Å². The van der Waals surface area contributed by atoms with E-state index in [9.17, 15) is 10.1 Å². The first kappa shape index (κ1) is 23.8. The molecule has 0 saturated carbocycles. The zero-order valence-corrected chi connectivity index (χ0v) is 20.4. The first-order valence-electron chi connectivity index (χ1n) is 12.2. The maximum Gasteiger partial charge on any atom is 0.259 e. The summed E-state index contributed by atoms with van der Waals surface area (Å²) < 4.78 is 7.69. The van der Waals surface area contributed by atoms with E-state index in [1.807, 2.05) is 66.9 Å². The first-order valence-corrected chi connectivity index (χ1v) is 12.2. The molecule has 7 heteroatoms. The van der Waals surface area contributed by atoms with Crippen molar-refractivity contribution in [1.82, 2.24) is 19.7 Å². The molecule has 0 aliphatic heterocycles.